The average Bonchev–Trinajstić information content (AvgIpc) is 3.43. The Morgan fingerprint density at radius 2 is 1.37 bits per heavy atom. The largest absolute Gasteiger partial charge is 0.673 e. The Morgan fingerprint density at radius 1 is 0.771 bits per heavy atom. The summed E-state index contributed by atoms with van der Waals surface area (Å²) in [6.45, 7) is 4.63. The summed E-state index contributed by atoms with van der Waals surface area (Å²) in [5.41, 5.74) is 7.13. The maximum Gasteiger partial charge on any atom is 0.673 e. The van der Waals surface area contributed by atoms with Gasteiger partial charge in [-0.05, 0) is 53.6 Å². The molecule has 0 saturated heterocycles. The van der Waals surface area contributed by atoms with Crippen LogP contribution < -0.4 is 9.80 Å². The number of rotatable bonds is 12. The lowest BCUT2D eigenvalue weighted by molar-refractivity contribution is -0.840. The highest BCUT2D eigenvalue weighted by atomic mass is 19.5. The van der Waals surface area contributed by atoms with Crippen LogP contribution in [0.4, 0.5) is 23.0 Å². The van der Waals surface area contributed by atoms with Crippen molar-refractivity contribution in [3.8, 4) is 11.1 Å². The Balaban J connectivity index is 0.000000623. The number of fused-ring (bicyclic) bond motifs is 3. The molecule has 0 amide bonds. The van der Waals surface area contributed by atoms with Gasteiger partial charge in [0.25, 0.3) is 0 Å². The van der Waals surface area contributed by atoms with E-state index in [1.54, 1.807) is 4.90 Å². The molecule has 0 radical (unpaired) electrons. The van der Waals surface area contributed by atoms with Gasteiger partial charge in [-0.2, -0.15) is 0 Å². The Bertz CT molecular complexity index is 939. The fourth-order valence-corrected chi connectivity index (χ4v) is 5.01. The molecule has 2 aromatic rings. The van der Waals surface area contributed by atoms with Crippen LogP contribution in [0.2, 0.25) is 0 Å². The third-order valence-electron chi connectivity index (χ3n) is 6.82. The quantitative estimate of drug-likeness (QED) is 0.156. The SMILES string of the molecule is CCCCCCCCCCCC[NH+]1C=CN(c2ccc3c(c2)Cc2ccccc2-3)C1.F[B-](F)(F)F. The molecule has 1 atom stereocenters. The number of anilines is 1. The second-order valence-electron chi connectivity index (χ2n) is 9.70. The van der Waals surface area contributed by atoms with Crippen LogP contribution in [0.5, 0.6) is 0 Å². The molecule has 0 spiro atoms. The molecule has 192 valence electrons. The van der Waals surface area contributed by atoms with Crippen LogP contribution in [-0.2, 0) is 6.42 Å². The Labute approximate surface area is 208 Å². The molecule has 2 aliphatic rings. The van der Waals surface area contributed by atoms with E-state index in [1.165, 1.54) is 98.7 Å². The minimum atomic E-state index is -6.00. The molecule has 0 saturated carbocycles. The van der Waals surface area contributed by atoms with E-state index in [2.05, 4.69) is 66.7 Å². The first-order chi connectivity index (χ1) is 16.8. The van der Waals surface area contributed by atoms with E-state index in [0.29, 0.717) is 0 Å². The second kappa shape index (κ2) is 13.7. The van der Waals surface area contributed by atoms with Crippen molar-refractivity contribution in [2.24, 2.45) is 0 Å². The number of nitrogens with one attached hydrogen (secondary N) is 1. The van der Waals surface area contributed by atoms with Crippen LogP contribution in [0.3, 0.4) is 0 Å². The summed E-state index contributed by atoms with van der Waals surface area (Å²) in [6, 6.07) is 15.9. The molecule has 1 N–H and O–H groups in total. The molecule has 35 heavy (non-hydrogen) atoms. The van der Waals surface area contributed by atoms with Gasteiger partial charge in [-0.15, -0.1) is 0 Å². The standard InChI is InChI=1S/C28H38N2.BF4/c1-2-3-4-5-6-7-8-9-10-13-18-29-19-20-30(23-29)26-16-17-28-25(22-26)21-24-14-11-12-15-27(24)28;2-1(3,4)5/h11-12,14-17,19-20,22H,2-10,13,18,21,23H2,1H3;/q;-1/p+1. The van der Waals surface area contributed by atoms with Gasteiger partial charge in [0.2, 0.25) is 0 Å². The number of halogens is 4. The van der Waals surface area contributed by atoms with Crippen molar-refractivity contribution >= 4 is 12.9 Å². The van der Waals surface area contributed by atoms with Gasteiger partial charge in [0.15, 0.2) is 6.67 Å². The highest BCUT2D eigenvalue weighted by molar-refractivity contribution is 6.50. The predicted octanol–water partition coefficient (Wildman–Crippen LogP) is 7.61. The molecular formula is C28H39BF4N2. The summed E-state index contributed by atoms with van der Waals surface area (Å²) in [7, 11) is -6.00. The fourth-order valence-electron chi connectivity index (χ4n) is 5.01. The van der Waals surface area contributed by atoms with E-state index in [-0.39, 0.29) is 0 Å². The molecule has 1 aliphatic heterocycles. The van der Waals surface area contributed by atoms with Crippen LogP contribution in [0.15, 0.2) is 54.9 Å². The number of quaternary nitrogens is 1. The van der Waals surface area contributed by atoms with Crippen molar-refractivity contribution in [1.29, 1.82) is 0 Å². The minimum absolute atomic E-state index is 1.07. The molecule has 1 heterocycles. The predicted molar refractivity (Wildman–Crippen MR) is 139 cm³/mol. The lowest BCUT2D eigenvalue weighted by Crippen LogP contribution is -3.07. The first-order valence-electron chi connectivity index (χ1n) is 13.2. The van der Waals surface area contributed by atoms with Gasteiger partial charge in [0.05, 0.1) is 12.7 Å². The third kappa shape index (κ3) is 9.36. The first kappa shape index (κ1) is 27.3. The summed E-state index contributed by atoms with van der Waals surface area (Å²) in [5.74, 6) is 0. The van der Waals surface area contributed by atoms with Crippen LogP contribution in [0.1, 0.15) is 82.3 Å². The van der Waals surface area contributed by atoms with E-state index in [4.69, 9.17) is 0 Å². The molecular weight excluding hydrogens is 451 g/mol. The van der Waals surface area contributed by atoms with Crippen molar-refractivity contribution < 1.29 is 22.2 Å². The summed E-state index contributed by atoms with van der Waals surface area (Å²) >= 11 is 0. The van der Waals surface area contributed by atoms with Gasteiger partial charge in [-0.3, -0.25) is 9.80 Å². The van der Waals surface area contributed by atoms with Crippen LogP contribution >= 0.6 is 0 Å². The molecule has 1 unspecified atom stereocenters. The molecule has 2 nitrogen and oxygen atoms in total. The number of hydrogen-bond donors (Lipinski definition) is 1. The van der Waals surface area contributed by atoms with E-state index < -0.39 is 7.25 Å². The second-order valence-corrected chi connectivity index (χ2v) is 9.70. The maximum atomic E-state index is 9.75. The first-order valence-corrected chi connectivity index (χ1v) is 13.2. The van der Waals surface area contributed by atoms with Gasteiger partial charge < -0.3 is 17.3 Å². The summed E-state index contributed by atoms with van der Waals surface area (Å²) < 4.78 is 39.0. The Kier molecular flexibility index (Phi) is 10.7. The van der Waals surface area contributed by atoms with Crippen molar-refractivity contribution in [3.05, 3.63) is 66.0 Å². The molecule has 0 aromatic heterocycles. The van der Waals surface area contributed by atoms with Gasteiger partial charge >= 0.3 is 7.25 Å². The van der Waals surface area contributed by atoms with Crippen LogP contribution in [-0.4, -0.2) is 20.5 Å². The lowest BCUT2D eigenvalue weighted by atomic mass is 10.1. The zero-order valence-electron chi connectivity index (χ0n) is 20.9. The van der Waals surface area contributed by atoms with Crippen molar-refractivity contribution in [2.45, 2.75) is 77.6 Å². The fraction of sp³-hybridized carbons (Fsp3) is 0.500. The molecule has 4 rings (SSSR count). The number of benzene rings is 2. The van der Waals surface area contributed by atoms with Crippen LogP contribution in [0.25, 0.3) is 11.1 Å². The summed E-state index contributed by atoms with van der Waals surface area (Å²) in [4.78, 5) is 4.02. The normalized spacial score (nSPS) is 16.1. The zero-order chi connectivity index (χ0) is 25.1. The van der Waals surface area contributed by atoms with E-state index in [0.717, 1.165) is 13.1 Å². The van der Waals surface area contributed by atoms with Gasteiger partial charge in [0, 0.05) is 5.69 Å². The highest BCUT2D eigenvalue weighted by Gasteiger charge is 2.22. The van der Waals surface area contributed by atoms with E-state index >= 15 is 0 Å². The molecule has 2 aromatic carbocycles. The van der Waals surface area contributed by atoms with E-state index in [1.807, 2.05) is 0 Å². The van der Waals surface area contributed by atoms with Crippen LogP contribution in [0, 0.1) is 0 Å². The van der Waals surface area contributed by atoms with Crippen molar-refractivity contribution in [2.75, 3.05) is 18.1 Å². The Hall–Kier alpha value is -2.28. The number of hydrogen-bond acceptors (Lipinski definition) is 1. The molecule has 0 bridgehead atoms. The highest BCUT2D eigenvalue weighted by Crippen LogP contribution is 2.38. The topological polar surface area (TPSA) is 7.68 Å². The lowest BCUT2D eigenvalue weighted by Gasteiger charge is -2.18. The molecule has 7 heteroatoms. The number of nitrogens with zero attached hydrogens (tertiary/aromatic N) is 1. The summed E-state index contributed by atoms with van der Waals surface area (Å²) in [6.07, 6.45) is 19.9. The smallest absolute Gasteiger partial charge is 0.418 e. The molecule has 1 aliphatic carbocycles. The van der Waals surface area contributed by atoms with Crippen molar-refractivity contribution in [1.82, 2.24) is 0 Å². The zero-order valence-corrected chi connectivity index (χ0v) is 20.9. The van der Waals surface area contributed by atoms with E-state index in [9.17, 15) is 17.3 Å². The number of unbranched alkanes of at least 4 members (excludes halogenated alkanes) is 9. The third-order valence-corrected chi connectivity index (χ3v) is 6.82. The minimum Gasteiger partial charge on any atom is -0.418 e. The van der Waals surface area contributed by atoms with Gasteiger partial charge in [-0.1, -0.05) is 88.6 Å². The van der Waals surface area contributed by atoms with Crippen molar-refractivity contribution in [3.63, 3.8) is 0 Å². The van der Waals surface area contributed by atoms with Gasteiger partial charge in [0.1, 0.15) is 6.20 Å². The maximum absolute atomic E-state index is 9.75. The molecule has 0 fully saturated rings. The Morgan fingerprint density at radius 3 is 2.06 bits per heavy atom. The summed E-state index contributed by atoms with van der Waals surface area (Å²) in [5, 5.41) is 0. The monoisotopic (exact) mass is 490 g/mol. The van der Waals surface area contributed by atoms with Gasteiger partial charge in [-0.25, -0.2) is 0 Å². The average molecular weight is 490 g/mol.